The number of nitrogens with zero attached hydrogens (tertiary/aromatic N) is 2. The highest BCUT2D eigenvalue weighted by atomic mass is 35.5. The summed E-state index contributed by atoms with van der Waals surface area (Å²) in [4.78, 5) is 0. The van der Waals surface area contributed by atoms with Crippen molar-refractivity contribution >= 4 is 17.3 Å². The quantitative estimate of drug-likeness (QED) is 0.920. The zero-order valence-electron chi connectivity index (χ0n) is 11.3. The fourth-order valence-corrected chi connectivity index (χ4v) is 2.20. The van der Waals surface area contributed by atoms with Gasteiger partial charge in [-0.1, -0.05) is 17.7 Å². The van der Waals surface area contributed by atoms with Crippen LogP contribution in [-0.4, -0.2) is 9.78 Å². The number of aryl methyl sites for hydroxylation is 3. The average Bonchev–Trinajstić information content (AvgIpc) is 2.66. The number of aromatic nitrogens is 2. The van der Waals surface area contributed by atoms with E-state index in [0.29, 0.717) is 11.6 Å². The second-order valence-electron chi connectivity index (χ2n) is 4.47. The Morgan fingerprint density at radius 2 is 2.11 bits per heavy atom. The Hall–Kier alpha value is -1.55. The number of hydrogen-bond acceptors (Lipinski definition) is 2. The molecular weight excluding hydrogens is 265 g/mol. The van der Waals surface area contributed by atoms with E-state index in [2.05, 4.69) is 10.4 Å². The molecule has 0 spiro atoms. The molecule has 2 aromatic rings. The molecule has 1 aromatic carbocycles. The van der Waals surface area contributed by atoms with Crippen LogP contribution in [-0.2, 0) is 13.1 Å². The third-order valence-corrected chi connectivity index (χ3v) is 3.59. The summed E-state index contributed by atoms with van der Waals surface area (Å²) >= 11 is 6.23. The van der Waals surface area contributed by atoms with Crippen molar-refractivity contribution in [1.82, 2.24) is 9.78 Å². The number of rotatable bonds is 4. The molecular formula is C14H17ClFN3. The van der Waals surface area contributed by atoms with Crippen LogP contribution in [0.3, 0.4) is 0 Å². The predicted molar refractivity (Wildman–Crippen MR) is 76.1 cm³/mol. The Kier molecular flexibility index (Phi) is 4.10. The van der Waals surface area contributed by atoms with E-state index in [-0.39, 0.29) is 5.82 Å². The van der Waals surface area contributed by atoms with Gasteiger partial charge in [-0.2, -0.15) is 5.10 Å². The molecule has 0 bridgehead atoms. The largest absolute Gasteiger partial charge is 0.379 e. The van der Waals surface area contributed by atoms with Crippen LogP contribution < -0.4 is 5.32 Å². The van der Waals surface area contributed by atoms with E-state index in [9.17, 15) is 4.39 Å². The zero-order chi connectivity index (χ0) is 14.0. The maximum absolute atomic E-state index is 13.2. The van der Waals surface area contributed by atoms with Crippen LogP contribution in [0.1, 0.15) is 23.9 Å². The fourth-order valence-electron chi connectivity index (χ4n) is 2.00. The van der Waals surface area contributed by atoms with Crippen LogP contribution in [0, 0.1) is 19.7 Å². The van der Waals surface area contributed by atoms with Crippen LogP contribution in [0.5, 0.6) is 0 Å². The van der Waals surface area contributed by atoms with E-state index in [1.807, 2.05) is 25.5 Å². The van der Waals surface area contributed by atoms with Crippen molar-refractivity contribution in [3.05, 3.63) is 46.0 Å². The second kappa shape index (κ2) is 5.61. The van der Waals surface area contributed by atoms with Crippen molar-refractivity contribution in [2.24, 2.45) is 0 Å². The summed E-state index contributed by atoms with van der Waals surface area (Å²) in [6.07, 6.45) is 0. The monoisotopic (exact) mass is 281 g/mol. The number of nitrogens with one attached hydrogen (secondary N) is 1. The minimum atomic E-state index is -0.251. The molecule has 0 radical (unpaired) electrons. The summed E-state index contributed by atoms with van der Waals surface area (Å²) in [5.74, 6) is -0.251. The fraction of sp³-hybridized carbons (Fsp3) is 0.357. The van der Waals surface area contributed by atoms with Crippen molar-refractivity contribution in [3.63, 3.8) is 0 Å². The third-order valence-electron chi connectivity index (χ3n) is 3.10. The van der Waals surface area contributed by atoms with Crippen LogP contribution in [0.2, 0.25) is 5.02 Å². The van der Waals surface area contributed by atoms with Gasteiger partial charge in [0.2, 0.25) is 0 Å². The minimum absolute atomic E-state index is 0.251. The average molecular weight is 282 g/mol. The van der Waals surface area contributed by atoms with Gasteiger partial charge in [0.05, 0.1) is 23.0 Å². The first kappa shape index (κ1) is 13.9. The number of halogens is 2. The highest BCUT2D eigenvalue weighted by molar-refractivity contribution is 6.31. The highest BCUT2D eigenvalue weighted by Gasteiger charge is 2.12. The summed E-state index contributed by atoms with van der Waals surface area (Å²) in [6, 6.07) is 4.69. The zero-order valence-corrected chi connectivity index (χ0v) is 12.1. The molecule has 19 heavy (non-hydrogen) atoms. The molecule has 0 amide bonds. The first-order chi connectivity index (χ1) is 9.02. The van der Waals surface area contributed by atoms with Crippen molar-refractivity contribution in [2.45, 2.75) is 33.9 Å². The lowest BCUT2D eigenvalue weighted by molar-refractivity contribution is 0.621. The Balaban J connectivity index is 2.21. The minimum Gasteiger partial charge on any atom is -0.379 e. The molecule has 102 valence electrons. The Labute approximate surface area is 117 Å². The molecule has 1 aromatic heterocycles. The van der Waals surface area contributed by atoms with Gasteiger partial charge in [0.25, 0.3) is 0 Å². The summed E-state index contributed by atoms with van der Waals surface area (Å²) in [7, 11) is 0. The van der Waals surface area contributed by atoms with Gasteiger partial charge in [0.1, 0.15) is 5.82 Å². The van der Waals surface area contributed by atoms with Gasteiger partial charge >= 0.3 is 0 Å². The van der Waals surface area contributed by atoms with E-state index >= 15 is 0 Å². The summed E-state index contributed by atoms with van der Waals surface area (Å²) in [5.41, 5.74) is 3.51. The van der Waals surface area contributed by atoms with E-state index in [1.165, 1.54) is 12.1 Å². The topological polar surface area (TPSA) is 29.9 Å². The lowest BCUT2D eigenvalue weighted by atomic mass is 10.2. The van der Waals surface area contributed by atoms with E-state index in [1.54, 1.807) is 6.07 Å². The second-order valence-corrected chi connectivity index (χ2v) is 4.85. The van der Waals surface area contributed by atoms with Gasteiger partial charge in [-0.05, 0) is 38.5 Å². The van der Waals surface area contributed by atoms with Crippen LogP contribution >= 0.6 is 11.6 Å². The Morgan fingerprint density at radius 3 is 2.79 bits per heavy atom. The molecule has 0 aliphatic rings. The van der Waals surface area contributed by atoms with Gasteiger partial charge < -0.3 is 5.32 Å². The lowest BCUT2D eigenvalue weighted by Gasteiger charge is -2.11. The van der Waals surface area contributed by atoms with Gasteiger partial charge in [0, 0.05) is 12.2 Å². The Morgan fingerprint density at radius 1 is 1.37 bits per heavy atom. The third kappa shape index (κ3) is 2.89. The first-order valence-corrected chi connectivity index (χ1v) is 6.62. The molecule has 0 saturated heterocycles. The maximum Gasteiger partial charge on any atom is 0.125 e. The molecule has 0 unspecified atom stereocenters. The van der Waals surface area contributed by atoms with Gasteiger partial charge in [-0.3, -0.25) is 4.68 Å². The molecule has 1 heterocycles. The van der Waals surface area contributed by atoms with Gasteiger partial charge in [0.15, 0.2) is 0 Å². The van der Waals surface area contributed by atoms with Crippen molar-refractivity contribution in [2.75, 3.05) is 5.32 Å². The molecule has 0 aliphatic heterocycles. The summed E-state index contributed by atoms with van der Waals surface area (Å²) in [6.45, 7) is 7.11. The van der Waals surface area contributed by atoms with Crippen molar-refractivity contribution in [1.29, 1.82) is 0 Å². The van der Waals surface area contributed by atoms with Crippen molar-refractivity contribution in [3.8, 4) is 0 Å². The molecule has 2 rings (SSSR count). The number of anilines is 1. The molecule has 0 atom stereocenters. The van der Waals surface area contributed by atoms with E-state index in [4.69, 9.17) is 11.6 Å². The molecule has 0 fully saturated rings. The number of hydrogen-bond donors (Lipinski definition) is 1. The maximum atomic E-state index is 13.2. The molecule has 5 heteroatoms. The van der Waals surface area contributed by atoms with Crippen molar-refractivity contribution < 1.29 is 4.39 Å². The lowest BCUT2D eigenvalue weighted by Crippen LogP contribution is -2.09. The molecule has 3 nitrogen and oxygen atoms in total. The number of benzene rings is 1. The normalized spacial score (nSPS) is 10.8. The van der Waals surface area contributed by atoms with E-state index < -0.39 is 0 Å². The van der Waals surface area contributed by atoms with Gasteiger partial charge in [-0.25, -0.2) is 4.39 Å². The molecule has 0 aliphatic carbocycles. The van der Waals surface area contributed by atoms with Crippen LogP contribution in [0.15, 0.2) is 18.2 Å². The SMILES string of the molecule is CCn1nc(C)c(Cl)c1CNc1cc(F)ccc1C. The Bertz CT molecular complexity index is 593. The molecule has 1 N–H and O–H groups in total. The standard InChI is InChI=1S/C14H17ClFN3/c1-4-19-13(14(15)10(3)18-19)8-17-12-7-11(16)6-5-9(12)2/h5-7,17H,4,8H2,1-3H3. The van der Waals surface area contributed by atoms with Gasteiger partial charge in [-0.15, -0.1) is 0 Å². The summed E-state index contributed by atoms with van der Waals surface area (Å²) < 4.78 is 15.1. The summed E-state index contributed by atoms with van der Waals surface area (Å²) in [5, 5.41) is 8.24. The highest BCUT2D eigenvalue weighted by Crippen LogP contribution is 2.23. The first-order valence-electron chi connectivity index (χ1n) is 6.24. The molecule has 0 saturated carbocycles. The van der Waals surface area contributed by atoms with E-state index in [0.717, 1.165) is 29.2 Å². The van der Waals surface area contributed by atoms with Crippen LogP contribution in [0.4, 0.5) is 10.1 Å². The predicted octanol–water partition coefficient (Wildman–Crippen LogP) is 3.92. The van der Waals surface area contributed by atoms with Crippen LogP contribution in [0.25, 0.3) is 0 Å². The smallest absolute Gasteiger partial charge is 0.125 e.